The molecule has 0 saturated heterocycles. The molecule has 0 spiro atoms. The fraction of sp³-hybridized carbons (Fsp3) is 0.417. The zero-order chi connectivity index (χ0) is 9.31. The lowest BCUT2D eigenvalue weighted by molar-refractivity contribution is 0.516. The van der Waals surface area contributed by atoms with Crippen molar-refractivity contribution in [2.24, 2.45) is 5.41 Å². The number of nitrogens with zero attached hydrogens (tertiary/aromatic N) is 1. The summed E-state index contributed by atoms with van der Waals surface area (Å²) in [6.07, 6.45) is 2.39. The van der Waals surface area contributed by atoms with Gasteiger partial charge in [0, 0.05) is 0 Å². The largest absolute Gasteiger partial charge is 0.198 e. The van der Waals surface area contributed by atoms with Crippen LogP contribution in [0.5, 0.6) is 0 Å². The van der Waals surface area contributed by atoms with E-state index in [0.29, 0.717) is 0 Å². The summed E-state index contributed by atoms with van der Waals surface area (Å²) in [5.41, 5.74) is 1.43. The number of nitriles is 1. The van der Waals surface area contributed by atoms with Crippen LogP contribution in [0.2, 0.25) is 0 Å². The summed E-state index contributed by atoms with van der Waals surface area (Å²) in [5.74, 6) is 0.0914. The molecule has 1 saturated carbocycles. The van der Waals surface area contributed by atoms with Crippen LogP contribution < -0.4 is 0 Å². The van der Waals surface area contributed by atoms with Crippen LogP contribution in [0.3, 0.4) is 0 Å². The SMILES string of the molecule is CC1(C(C#N)c2ccccc2)CC1. The van der Waals surface area contributed by atoms with E-state index in [1.807, 2.05) is 18.2 Å². The monoisotopic (exact) mass is 171 g/mol. The molecule has 1 aliphatic carbocycles. The Hall–Kier alpha value is -1.29. The third-order valence-corrected chi connectivity index (χ3v) is 3.00. The van der Waals surface area contributed by atoms with Gasteiger partial charge in [0.2, 0.25) is 0 Å². The van der Waals surface area contributed by atoms with E-state index in [-0.39, 0.29) is 11.3 Å². The molecule has 1 fully saturated rings. The van der Waals surface area contributed by atoms with E-state index in [1.165, 1.54) is 18.4 Å². The quantitative estimate of drug-likeness (QED) is 0.670. The first kappa shape index (κ1) is 8.31. The Bertz CT molecular complexity index is 330. The van der Waals surface area contributed by atoms with Crippen LogP contribution in [-0.2, 0) is 0 Å². The molecule has 1 heteroatoms. The smallest absolute Gasteiger partial charge is 0.0766 e. The van der Waals surface area contributed by atoms with Crippen molar-refractivity contribution in [2.75, 3.05) is 0 Å². The molecule has 0 amide bonds. The lowest BCUT2D eigenvalue weighted by Crippen LogP contribution is -2.07. The topological polar surface area (TPSA) is 23.8 Å². The van der Waals surface area contributed by atoms with Crippen LogP contribution in [0.15, 0.2) is 30.3 Å². The lowest BCUT2D eigenvalue weighted by Gasteiger charge is -2.15. The second-order valence-corrected chi connectivity index (χ2v) is 4.13. The van der Waals surface area contributed by atoms with E-state index in [9.17, 15) is 0 Å². The Morgan fingerprint density at radius 2 is 1.92 bits per heavy atom. The summed E-state index contributed by atoms with van der Waals surface area (Å²) in [6, 6.07) is 12.5. The fourth-order valence-electron chi connectivity index (χ4n) is 1.76. The molecule has 1 atom stereocenters. The Labute approximate surface area is 79.0 Å². The molecule has 0 heterocycles. The standard InChI is InChI=1S/C12H13N/c1-12(7-8-12)11(9-13)10-5-3-2-4-6-10/h2-6,11H,7-8H2,1H3. The normalized spacial score (nSPS) is 20.3. The number of rotatable bonds is 2. The van der Waals surface area contributed by atoms with Gasteiger partial charge in [0.1, 0.15) is 0 Å². The molecule has 66 valence electrons. The summed E-state index contributed by atoms with van der Waals surface area (Å²) in [6.45, 7) is 2.20. The molecular formula is C12H13N. The highest BCUT2D eigenvalue weighted by Crippen LogP contribution is 2.55. The molecule has 0 aliphatic heterocycles. The van der Waals surface area contributed by atoms with Gasteiger partial charge in [0.05, 0.1) is 12.0 Å². The summed E-state index contributed by atoms with van der Waals surface area (Å²) in [7, 11) is 0. The Kier molecular flexibility index (Phi) is 1.84. The highest BCUT2D eigenvalue weighted by Gasteiger charge is 2.45. The van der Waals surface area contributed by atoms with Crippen molar-refractivity contribution in [3.63, 3.8) is 0 Å². The third kappa shape index (κ3) is 1.45. The molecule has 0 bridgehead atoms. The Morgan fingerprint density at radius 1 is 1.31 bits per heavy atom. The molecule has 2 rings (SSSR count). The Morgan fingerprint density at radius 3 is 2.38 bits per heavy atom. The van der Waals surface area contributed by atoms with Gasteiger partial charge in [-0.15, -0.1) is 0 Å². The molecular weight excluding hydrogens is 158 g/mol. The molecule has 1 aromatic carbocycles. The third-order valence-electron chi connectivity index (χ3n) is 3.00. The molecule has 1 unspecified atom stereocenters. The van der Waals surface area contributed by atoms with E-state index in [2.05, 4.69) is 25.1 Å². The van der Waals surface area contributed by atoms with Crippen molar-refractivity contribution < 1.29 is 0 Å². The maximum absolute atomic E-state index is 9.11. The molecule has 0 radical (unpaired) electrons. The lowest BCUT2D eigenvalue weighted by atomic mass is 9.86. The first-order chi connectivity index (χ1) is 6.26. The van der Waals surface area contributed by atoms with Gasteiger partial charge in [-0.1, -0.05) is 37.3 Å². The number of hydrogen-bond acceptors (Lipinski definition) is 1. The molecule has 13 heavy (non-hydrogen) atoms. The van der Waals surface area contributed by atoms with Gasteiger partial charge in [-0.3, -0.25) is 0 Å². The zero-order valence-electron chi connectivity index (χ0n) is 7.83. The molecule has 0 aromatic heterocycles. The second-order valence-electron chi connectivity index (χ2n) is 4.13. The Balaban J connectivity index is 2.29. The first-order valence-electron chi connectivity index (χ1n) is 4.71. The predicted octanol–water partition coefficient (Wildman–Crippen LogP) is 3.09. The van der Waals surface area contributed by atoms with Crippen LogP contribution in [0, 0.1) is 16.7 Å². The van der Waals surface area contributed by atoms with Crippen LogP contribution in [0.25, 0.3) is 0 Å². The maximum atomic E-state index is 9.11. The van der Waals surface area contributed by atoms with Crippen LogP contribution >= 0.6 is 0 Å². The first-order valence-corrected chi connectivity index (χ1v) is 4.71. The molecule has 0 N–H and O–H groups in total. The highest BCUT2D eigenvalue weighted by molar-refractivity contribution is 5.29. The fourth-order valence-corrected chi connectivity index (χ4v) is 1.76. The predicted molar refractivity (Wildman–Crippen MR) is 52.1 cm³/mol. The summed E-state index contributed by atoms with van der Waals surface area (Å²) >= 11 is 0. The average molecular weight is 171 g/mol. The van der Waals surface area contributed by atoms with E-state index >= 15 is 0 Å². The van der Waals surface area contributed by atoms with Crippen molar-refractivity contribution in [3.05, 3.63) is 35.9 Å². The summed E-state index contributed by atoms with van der Waals surface area (Å²) in [5, 5.41) is 9.11. The van der Waals surface area contributed by atoms with Crippen molar-refractivity contribution in [1.82, 2.24) is 0 Å². The van der Waals surface area contributed by atoms with Gasteiger partial charge in [0.15, 0.2) is 0 Å². The average Bonchev–Trinajstić information content (AvgIpc) is 2.87. The van der Waals surface area contributed by atoms with E-state index in [1.54, 1.807) is 0 Å². The molecule has 1 aromatic rings. The van der Waals surface area contributed by atoms with Gasteiger partial charge in [-0.2, -0.15) is 5.26 Å². The van der Waals surface area contributed by atoms with Crippen molar-refractivity contribution >= 4 is 0 Å². The minimum absolute atomic E-state index is 0.0914. The van der Waals surface area contributed by atoms with Crippen LogP contribution in [-0.4, -0.2) is 0 Å². The van der Waals surface area contributed by atoms with E-state index in [0.717, 1.165) is 0 Å². The zero-order valence-corrected chi connectivity index (χ0v) is 7.83. The van der Waals surface area contributed by atoms with E-state index in [4.69, 9.17) is 5.26 Å². The minimum Gasteiger partial charge on any atom is -0.198 e. The van der Waals surface area contributed by atoms with Gasteiger partial charge < -0.3 is 0 Å². The van der Waals surface area contributed by atoms with Crippen LogP contribution in [0.4, 0.5) is 0 Å². The highest BCUT2D eigenvalue weighted by atomic mass is 14.5. The molecule has 1 aliphatic rings. The molecule has 1 nitrogen and oxygen atoms in total. The van der Waals surface area contributed by atoms with Gasteiger partial charge in [-0.25, -0.2) is 0 Å². The van der Waals surface area contributed by atoms with Gasteiger partial charge >= 0.3 is 0 Å². The van der Waals surface area contributed by atoms with Crippen molar-refractivity contribution in [2.45, 2.75) is 25.7 Å². The van der Waals surface area contributed by atoms with Crippen molar-refractivity contribution in [3.8, 4) is 6.07 Å². The number of benzene rings is 1. The number of hydrogen-bond donors (Lipinski definition) is 0. The van der Waals surface area contributed by atoms with E-state index < -0.39 is 0 Å². The summed E-state index contributed by atoms with van der Waals surface area (Å²) < 4.78 is 0. The van der Waals surface area contributed by atoms with Gasteiger partial charge in [0.25, 0.3) is 0 Å². The minimum atomic E-state index is 0.0914. The maximum Gasteiger partial charge on any atom is 0.0766 e. The van der Waals surface area contributed by atoms with Crippen LogP contribution in [0.1, 0.15) is 31.2 Å². The second kappa shape index (κ2) is 2.88. The summed E-state index contributed by atoms with van der Waals surface area (Å²) in [4.78, 5) is 0. The van der Waals surface area contributed by atoms with Gasteiger partial charge in [-0.05, 0) is 23.8 Å². The van der Waals surface area contributed by atoms with Crippen molar-refractivity contribution in [1.29, 1.82) is 5.26 Å².